The second kappa shape index (κ2) is 6.27. The van der Waals surface area contributed by atoms with Crippen molar-refractivity contribution in [3.63, 3.8) is 0 Å². The third-order valence-corrected chi connectivity index (χ3v) is 4.24. The van der Waals surface area contributed by atoms with Crippen LogP contribution in [0.4, 0.5) is 0 Å². The van der Waals surface area contributed by atoms with Crippen LogP contribution >= 0.6 is 0 Å². The molecule has 0 spiro atoms. The van der Waals surface area contributed by atoms with Crippen molar-refractivity contribution in [3.05, 3.63) is 78.8 Å². The highest BCUT2D eigenvalue weighted by Gasteiger charge is 2.20. The van der Waals surface area contributed by atoms with Crippen LogP contribution < -0.4 is 5.32 Å². The number of hydrogen-bond acceptors (Lipinski definition) is 3. The minimum absolute atomic E-state index is 0.147. The number of amides is 1. The molecular weight excluding hydrogens is 316 g/mol. The smallest absolute Gasteiger partial charge is 0.257 e. The lowest BCUT2D eigenvalue weighted by Gasteiger charge is -2.19. The standard InChI is InChI=1S/C18H18N6O/c1-22-9-10-24-18(22)15(11-20-24)17(25)21-16(12-23-8-7-19-13-23)14-5-3-2-4-6-14/h2-11,13,16H,12H2,1H3,(H,21,25). The maximum atomic E-state index is 12.9. The zero-order chi connectivity index (χ0) is 17.2. The normalized spacial score (nSPS) is 12.4. The molecule has 1 N–H and O–H groups in total. The fraction of sp³-hybridized carbons (Fsp3) is 0.167. The Labute approximate surface area is 144 Å². The molecule has 3 heterocycles. The van der Waals surface area contributed by atoms with Gasteiger partial charge in [-0.25, -0.2) is 9.50 Å². The Morgan fingerprint density at radius 2 is 2.04 bits per heavy atom. The number of imidazole rings is 2. The highest BCUT2D eigenvalue weighted by Crippen LogP contribution is 2.17. The van der Waals surface area contributed by atoms with Crippen molar-refractivity contribution < 1.29 is 4.79 Å². The summed E-state index contributed by atoms with van der Waals surface area (Å²) >= 11 is 0. The number of carbonyl (C=O) groups excluding carboxylic acids is 1. The molecule has 1 atom stereocenters. The summed E-state index contributed by atoms with van der Waals surface area (Å²) in [5, 5.41) is 7.37. The van der Waals surface area contributed by atoms with E-state index in [1.807, 2.05) is 65.1 Å². The van der Waals surface area contributed by atoms with Gasteiger partial charge in [0.25, 0.3) is 5.91 Å². The van der Waals surface area contributed by atoms with E-state index in [0.717, 1.165) is 11.2 Å². The van der Waals surface area contributed by atoms with E-state index in [9.17, 15) is 4.79 Å². The summed E-state index contributed by atoms with van der Waals surface area (Å²) in [4.78, 5) is 17.0. The van der Waals surface area contributed by atoms with Crippen LogP contribution in [0.3, 0.4) is 0 Å². The topological polar surface area (TPSA) is 69.2 Å². The summed E-state index contributed by atoms with van der Waals surface area (Å²) in [6.07, 6.45) is 10.7. The molecule has 126 valence electrons. The zero-order valence-electron chi connectivity index (χ0n) is 13.8. The van der Waals surface area contributed by atoms with Crippen LogP contribution in [0.15, 0.2) is 67.6 Å². The summed E-state index contributed by atoms with van der Waals surface area (Å²) in [6, 6.07) is 9.76. The third kappa shape index (κ3) is 2.91. The van der Waals surface area contributed by atoms with Crippen LogP contribution in [-0.4, -0.2) is 29.6 Å². The Hall–Kier alpha value is -3.35. The van der Waals surface area contributed by atoms with Gasteiger partial charge < -0.3 is 14.5 Å². The molecule has 0 saturated heterocycles. The summed E-state index contributed by atoms with van der Waals surface area (Å²) in [5.41, 5.74) is 2.37. The first-order valence-electron chi connectivity index (χ1n) is 8.02. The predicted octanol–water partition coefficient (Wildman–Crippen LogP) is 2.04. The zero-order valence-corrected chi connectivity index (χ0v) is 13.8. The second-order valence-electron chi connectivity index (χ2n) is 5.93. The largest absolute Gasteiger partial charge is 0.343 e. The van der Waals surface area contributed by atoms with Crippen LogP contribution in [0.2, 0.25) is 0 Å². The second-order valence-corrected chi connectivity index (χ2v) is 5.93. The van der Waals surface area contributed by atoms with Crippen LogP contribution in [0.5, 0.6) is 0 Å². The molecule has 0 fully saturated rings. The number of carbonyl (C=O) groups is 1. The van der Waals surface area contributed by atoms with Crippen LogP contribution in [0, 0.1) is 0 Å². The molecule has 0 radical (unpaired) electrons. The Balaban J connectivity index is 1.63. The van der Waals surface area contributed by atoms with E-state index in [2.05, 4.69) is 15.4 Å². The van der Waals surface area contributed by atoms with Gasteiger partial charge in [-0.15, -0.1) is 0 Å². The van der Waals surface area contributed by atoms with Crippen molar-refractivity contribution in [1.29, 1.82) is 0 Å². The Morgan fingerprint density at radius 1 is 1.20 bits per heavy atom. The van der Waals surface area contributed by atoms with E-state index in [4.69, 9.17) is 0 Å². The minimum atomic E-state index is -0.168. The van der Waals surface area contributed by atoms with Gasteiger partial charge in [-0.3, -0.25) is 4.79 Å². The molecule has 1 unspecified atom stereocenters. The quantitative estimate of drug-likeness (QED) is 0.607. The average Bonchev–Trinajstić information content (AvgIpc) is 3.35. The lowest BCUT2D eigenvalue weighted by Crippen LogP contribution is -2.31. The molecule has 0 aliphatic carbocycles. The lowest BCUT2D eigenvalue weighted by atomic mass is 10.1. The van der Waals surface area contributed by atoms with Gasteiger partial charge in [0, 0.05) is 38.4 Å². The molecule has 7 nitrogen and oxygen atoms in total. The molecule has 0 aliphatic rings. The van der Waals surface area contributed by atoms with Crippen LogP contribution in [0.1, 0.15) is 22.0 Å². The Morgan fingerprint density at radius 3 is 2.80 bits per heavy atom. The van der Waals surface area contributed by atoms with Crippen molar-refractivity contribution >= 4 is 11.6 Å². The molecule has 0 aliphatic heterocycles. The summed E-state index contributed by atoms with van der Waals surface area (Å²) in [6.45, 7) is 0.604. The minimum Gasteiger partial charge on any atom is -0.343 e. The summed E-state index contributed by atoms with van der Waals surface area (Å²) < 4.78 is 5.53. The first-order valence-corrected chi connectivity index (χ1v) is 8.02. The van der Waals surface area contributed by atoms with Gasteiger partial charge in [-0.1, -0.05) is 30.3 Å². The number of benzene rings is 1. The van der Waals surface area contributed by atoms with Gasteiger partial charge in [-0.2, -0.15) is 5.10 Å². The lowest BCUT2D eigenvalue weighted by molar-refractivity contribution is 0.0934. The number of hydrogen-bond donors (Lipinski definition) is 1. The monoisotopic (exact) mass is 334 g/mol. The molecule has 7 heteroatoms. The number of fused-ring (bicyclic) bond motifs is 1. The van der Waals surface area contributed by atoms with Crippen LogP contribution in [0.25, 0.3) is 5.65 Å². The molecule has 4 rings (SSSR count). The molecule has 25 heavy (non-hydrogen) atoms. The highest BCUT2D eigenvalue weighted by molar-refractivity contribution is 6.00. The van der Waals surface area contributed by atoms with E-state index >= 15 is 0 Å². The predicted molar refractivity (Wildman–Crippen MR) is 93.0 cm³/mol. The van der Waals surface area contributed by atoms with Gasteiger partial charge in [0.1, 0.15) is 11.2 Å². The number of nitrogens with one attached hydrogen (secondary N) is 1. The van der Waals surface area contributed by atoms with Crippen LogP contribution in [-0.2, 0) is 13.6 Å². The third-order valence-electron chi connectivity index (χ3n) is 4.24. The van der Waals surface area contributed by atoms with Gasteiger partial charge in [0.15, 0.2) is 0 Å². The van der Waals surface area contributed by atoms with Crippen molar-refractivity contribution in [1.82, 2.24) is 29.0 Å². The van der Waals surface area contributed by atoms with E-state index in [1.54, 1.807) is 23.2 Å². The van der Waals surface area contributed by atoms with E-state index in [0.29, 0.717) is 12.1 Å². The summed E-state index contributed by atoms with van der Waals surface area (Å²) in [5.74, 6) is -0.147. The average molecular weight is 334 g/mol. The maximum absolute atomic E-state index is 12.9. The first-order chi connectivity index (χ1) is 12.2. The van der Waals surface area contributed by atoms with E-state index in [-0.39, 0.29) is 11.9 Å². The SMILES string of the molecule is Cn1ccn2ncc(C(=O)NC(Cn3ccnc3)c3ccccc3)c12. The Bertz CT molecular complexity index is 983. The maximum Gasteiger partial charge on any atom is 0.257 e. The first kappa shape index (κ1) is 15.2. The van der Waals surface area contributed by atoms with Crippen molar-refractivity contribution in [2.75, 3.05) is 0 Å². The molecule has 1 aromatic carbocycles. The molecule has 1 amide bonds. The van der Waals surface area contributed by atoms with Gasteiger partial charge >= 0.3 is 0 Å². The van der Waals surface area contributed by atoms with Crippen molar-refractivity contribution in [2.45, 2.75) is 12.6 Å². The molecule has 0 saturated carbocycles. The van der Waals surface area contributed by atoms with E-state index in [1.165, 1.54) is 0 Å². The highest BCUT2D eigenvalue weighted by atomic mass is 16.1. The molecule has 4 aromatic rings. The number of aryl methyl sites for hydroxylation is 1. The fourth-order valence-corrected chi connectivity index (χ4v) is 2.97. The fourth-order valence-electron chi connectivity index (χ4n) is 2.97. The summed E-state index contributed by atoms with van der Waals surface area (Å²) in [7, 11) is 1.90. The van der Waals surface area contributed by atoms with Crippen molar-refractivity contribution in [2.24, 2.45) is 7.05 Å². The molecule has 0 bridgehead atoms. The van der Waals surface area contributed by atoms with Crippen molar-refractivity contribution in [3.8, 4) is 0 Å². The Kier molecular flexibility index (Phi) is 3.81. The van der Waals surface area contributed by atoms with E-state index < -0.39 is 0 Å². The number of nitrogens with zero attached hydrogens (tertiary/aromatic N) is 5. The molecule has 3 aromatic heterocycles. The van der Waals surface area contributed by atoms with Gasteiger partial charge in [0.2, 0.25) is 0 Å². The number of aromatic nitrogens is 5. The van der Waals surface area contributed by atoms with Gasteiger partial charge in [-0.05, 0) is 5.56 Å². The molecular formula is C18H18N6O. The van der Waals surface area contributed by atoms with Gasteiger partial charge in [0.05, 0.1) is 18.6 Å². The number of rotatable bonds is 5.